The fraction of sp³-hybridized carbons (Fsp3) is 0.875. The lowest BCUT2D eigenvalue weighted by molar-refractivity contribution is -0.228. The van der Waals surface area contributed by atoms with Gasteiger partial charge in [-0.2, -0.15) is 5.10 Å². The summed E-state index contributed by atoms with van der Waals surface area (Å²) in [5, 5.41) is 3.43. The first-order valence-corrected chi connectivity index (χ1v) is 4.34. The fourth-order valence-electron chi connectivity index (χ4n) is 1.29. The summed E-state index contributed by atoms with van der Waals surface area (Å²) in [4.78, 5) is 0.290. The van der Waals surface area contributed by atoms with Crippen molar-refractivity contribution in [1.29, 1.82) is 0 Å². The third-order valence-corrected chi connectivity index (χ3v) is 1.84. The molecular formula is C8H14F3N3. The van der Waals surface area contributed by atoms with Crippen LogP contribution in [-0.2, 0) is 0 Å². The predicted octanol–water partition coefficient (Wildman–Crippen LogP) is 2.12. The van der Waals surface area contributed by atoms with Gasteiger partial charge in [0.1, 0.15) is 12.5 Å². The van der Waals surface area contributed by atoms with E-state index in [4.69, 9.17) is 0 Å². The zero-order valence-corrected chi connectivity index (χ0v) is 8.39. The van der Waals surface area contributed by atoms with Crippen LogP contribution in [0.15, 0.2) is 5.10 Å². The molecular weight excluding hydrogens is 195 g/mol. The van der Waals surface area contributed by atoms with Gasteiger partial charge in [-0.25, -0.2) is 0 Å². The van der Waals surface area contributed by atoms with Gasteiger partial charge in [0.25, 0.3) is 0 Å². The Bertz CT molecular complexity index is 229. The molecule has 1 heterocycles. The van der Waals surface area contributed by atoms with E-state index in [1.165, 1.54) is 0 Å². The number of nitrogens with zero attached hydrogens (tertiary/aromatic N) is 2. The van der Waals surface area contributed by atoms with Gasteiger partial charge in [0.2, 0.25) is 0 Å². The van der Waals surface area contributed by atoms with Crippen LogP contribution in [0.5, 0.6) is 0 Å². The molecule has 1 N–H and O–H groups in total. The van der Waals surface area contributed by atoms with Gasteiger partial charge in [0.15, 0.2) is 0 Å². The van der Waals surface area contributed by atoms with E-state index in [9.17, 15) is 13.2 Å². The Labute approximate surface area is 81.0 Å². The van der Waals surface area contributed by atoms with Crippen molar-refractivity contribution in [3.8, 4) is 0 Å². The lowest BCUT2D eigenvalue weighted by Gasteiger charge is -2.30. The lowest BCUT2D eigenvalue weighted by atomic mass is 9.90. The normalized spacial score (nSPS) is 22.7. The lowest BCUT2D eigenvalue weighted by Crippen LogP contribution is -2.47. The highest BCUT2D eigenvalue weighted by atomic mass is 19.4. The molecule has 1 aliphatic heterocycles. The van der Waals surface area contributed by atoms with Gasteiger partial charge >= 0.3 is 6.30 Å². The average molecular weight is 209 g/mol. The van der Waals surface area contributed by atoms with Crippen molar-refractivity contribution < 1.29 is 13.2 Å². The molecule has 0 saturated carbocycles. The van der Waals surface area contributed by atoms with Gasteiger partial charge in [0.05, 0.1) is 0 Å². The molecule has 0 spiro atoms. The number of hydrazone groups is 1. The van der Waals surface area contributed by atoms with Gasteiger partial charge in [-0.3, -0.25) is 10.3 Å². The number of alkyl halides is 3. The Kier molecular flexibility index (Phi) is 2.65. The van der Waals surface area contributed by atoms with Crippen molar-refractivity contribution in [1.82, 2.24) is 10.3 Å². The smallest absolute Gasteiger partial charge is 0.286 e. The van der Waals surface area contributed by atoms with Crippen molar-refractivity contribution in [3.63, 3.8) is 0 Å². The maximum absolute atomic E-state index is 12.4. The number of nitrogens with one attached hydrogen (secondary N) is 1. The second-order valence-electron chi connectivity index (χ2n) is 4.53. The van der Waals surface area contributed by atoms with Crippen LogP contribution in [0, 0.1) is 5.41 Å². The second-order valence-corrected chi connectivity index (χ2v) is 4.53. The van der Waals surface area contributed by atoms with E-state index in [0.29, 0.717) is 6.42 Å². The monoisotopic (exact) mass is 209 g/mol. The molecule has 0 saturated heterocycles. The number of hydrogen-bond donors (Lipinski definition) is 1. The molecule has 14 heavy (non-hydrogen) atoms. The fourth-order valence-corrected chi connectivity index (χ4v) is 1.29. The summed E-state index contributed by atoms with van der Waals surface area (Å²) in [6, 6.07) is 0. The molecule has 0 amide bonds. The first-order valence-electron chi connectivity index (χ1n) is 4.34. The molecule has 1 aliphatic rings. The summed E-state index contributed by atoms with van der Waals surface area (Å²) in [6.07, 6.45) is -3.97. The molecule has 0 bridgehead atoms. The van der Waals surface area contributed by atoms with E-state index in [2.05, 4.69) is 10.5 Å². The molecule has 6 heteroatoms. The second kappa shape index (κ2) is 3.33. The molecule has 0 aromatic rings. The third kappa shape index (κ3) is 2.78. The van der Waals surface area contributed by atoms with Crippen LogP contribution >= 0.6 is 0 Å². The number of halogens is 3. The summed E-state index contributed by atoms with van der Waals surface area (Å²) < 4.78 is 37.1. The SMILES string of the molecule is CC(C)(C)CC1NN=CN1C(F)(F)F. The summed E-state index contributed by atoms with van der Waals surface area (Å²) in [6.45, 7) is 5.67. The van der Waals surface area contributed by atoms with Crippen LogP contribution in [-0.4, -0.2) is 23.7 Å². The van der Waals surface area contributed by atoms with Crippen LogP contribution in [0.25, 0.3) is 0 Å². The standard InChI is InChI=1S/C8H14F3N3/c1-7(2,3)4-6-13-12-5-14(6)8(9,10)11/h5-6,13H,4H2,1-3H3. The van der Waals surface area contributed by atoms with Crippen LogP contribution < -0.4 is 5.43 Å². The molecule has 0 aromatic carbocycles. The Morgan fingerprint density at radius 2 is 1.93 bits per heavy atom. The predicted molar refractivity (Wildman–Crippen MR) is 47.4 cm³/mol. The maximum Gasteiger partial charge on any atom is 0.487 e. The van der Waals surface area contributed by atoms with Crippen molar-refractivity contribution in [2.45, 2.75) is 39.7 Å². The minimum absolute atomic E-state index is 0.172. The van der Waals surface area contributed by atoms with Crippen molar-refractivity contribution in [3.05, 3.63) is 0 Å². The van der Waals surface area contributed by atoms with Crippen LogP contribution in [0.3, 0.4) is 0 Å². The summed E-state index contributed by atoms with van der Waals surface area (Å²) in [5.41, 5.74) is 2.27. The first kappa shape index (κ1) is 11.1. The largest absolute Gasteiger partial charge is 0.487 e. The minimum atomic E-state index is -4.36. The Morgan fingerprint density at radius 1 is 1.36 bits per heavy atom. The van der Waals surface area contributed by atoms with Crippen molar-refractivity contribution in [2.24, 2.45) is 10.5 Å². The highest BCUT2D eigenvalue weighted by molar-refractivity contribution is 5.57. The Morgan fingerprint density at radius 3 is 2.36 bits per heavy atom. The zero-order chi connectivity index (χ0) is 11.0. The van der Waals surface area contributed by atoms with Gasteiger partial charge in [-0.05, 0) is 11.8 Å². The first-order chi connectivity index (χ1) is 6.20. The minimum Gasteiger partial charge on any atom is -0.286 e. The molecule has 1 atom stereocenters. The highest BCUT2D eigenvalue weighted by Crippen LogP contribution is 2.29. The number of hydrogen-bond acceptors (Lipinski definition) is 3. The third-order valence-electron chi connectivity index (χ3n) is 1.84. The van der Waals surface area contributed by atoms with E-state index in [0.717, 1.165) is 6.34 Å². The molecule has 0 fully saturated rings. The quantitative estimate of drug-likeness (QED) is 0.670. The topological polar surface area (TPSA) is 27.6 Å². The van der Waals surface area contributed by atoms with E-state index in [1.807, 2.05) is 20.8 Å². The van der Waals surface area contributed by atoms with Gasteiger partial charge in [-0.15, -0.1) is 13.2 Å². The molecule has 0 aromatic heterocycles. The van der Waals surface area contributed by atoms with E-state index in [1.54, 1.807) is 0 Å². The van der Waals surface area contributed by atoms with Gasteiger partial charge in [0, 0.05) is 0 Å². The molecule has 0 aliphatic carbocycles. The van der Waals surface area contributed by atoms with E-state index >= 15 is 0 Å². The average Bonchev–Trinajstić information content (AvgIpc) is 2.29. The van der Waals surface area contributed by atoms with Gasteiger partial charge < -0.3 is 0 Å². The summed E-state index contributed by atoms with van der Waals surface area (Å²) in [7, 11) is 0. The molecule has 1 unspecified atom stereocenters. The van der Waals surface area contributed by atoms with E-state index < -0.39 is 12.5 Å². The molecule has 0 radical (unpaired) electrons. The molecule has 1 rings (SSSR count). The van der Waals surface area contributed by atoms with Crippen LogP contribution in [0.4, 0.5) is 13.2 Å². The van der Waals surface area contributed by atoms with Crippen LogP contribution in [0.1, 0.15) is 27.2 Å². The van der Waals surface area contributed by atoms with Crippen molar-refractivity contribution >= 4 is 6.34 Å². The van der Waals surface area contributed by atoms with Gasteiger partial charge in [-0.1, -0.05) is 20.8 Å². The zero-order valence-electron chi connectivity index (χ0n) is 8.39. The summed E-state index contributed by atoms with van der Waals surface area (Å²) in [5.74, 6) is 0. The maximum atomic E-state index is 12.4. The summed E-state index contributed by atoms with van der Waals surface area (Å²) >= 11 is 0. The Hall–Kier alpha value is -0.940. The van der Waals surface area contributed by atoms with Crippen molar-refractivity contribution in [2.75, 3.05) is 0 Å². The number of rotatable bonds is 1. The molecule has 82 valence electrons. The molecule has 3 nitrogen and oxygen atoms in total. The van der Waals surface area contributed by atoms with E-state index in [-0.39, 0.29) is 10.3 Å². The highest BCUT2D eigenvalue weighted by Gasteiger charge is 2.43. The Balaban J connectivity index is 2.64. The van der Waals surface area contributed by atoms with Crippen LogP contribution in [0.2, 0.25) is 0 Å².